The van der Waals surface area contributed by atoms with Crippen molar-refractivity contribution >= 4 is 35.0 Å². The molecule has 0 radical (unpaired) electrons. The molecule has 0 aromatic heterocycles. The maximum atomic E-state index is 13.7. The third-order valence-electron chi connectivity index (χ3n) is 6.09. The van der Waals surface area contributed by atoms with E-state index in [-0.39, 0.29) is 25.0 Å². The van der Waals surface area contributed by atoms with Crippen LogP contribution in [0.25, 0.3) is 0 Å². The van der Waals surface area contributed by atoms with Crippen molar-refractivity contribution in [2.75, 3.05) is 13.2 Å². The van der Waals surface area contributed by atoms with Crippen LogP contribution in [0.4, 0.5) is 0 Å². The van der Waals surface area contributed by atoms with Crippen LogP contribution in [0.1, 0.15) is 34.7 Å². The Labute approximate surface area is 223 Å². The number of ether oxygens (including phenoxy) is 1. The highest BCUT2D eigenvalue weighted by molar-refractivity contribution is 6.35. The molecule has 0 bridgehead atoms. The van der Waals surface area contributed by atoms with Crippen LogP contribution >= 0.6 is 23.2 Å². The van der Waals surface area contributed by atoms with Crippen LogP contribution in [0.2, 0.25) is 10.0 Å². The number of halogens is 2. The van der Waals surface area contributed by atoms with Crippen LogP contribution in [0.15, 0.2) is 60.7 Å². The summed E-state index contributed by atoms with van der Waals surface area (Å²) >= 11 is 12.5. The lowest BCUT2D eigenvalue weighted by atomic mass is 10.0. The summed E-state index contributed by atoms with van der Waals surface area (Å²) in [6.07, 6.45) is 0.353. The SMILES string of the molecule is CCNC(=O)[C@@H](Cc1ccccc1)N(Cc1ccc(Cl)cc1Cl)C(=O)COc1cc(C)cc(C)c1C. The topological polar surface area (TPSA) is 58.6 Å². The van der Waals surface area contributed by atoms with Crippen molar-refractivity contribution in [2.45, 2.75) is 46.7 Å². The van der Waals surface area contributed by atoms with E-state index in [4.69, 9.17) is 27.9 Å². The maximum Gasteiger partial charge on any atom is 0.261 e. The van der Waals surface area contributed by atoms with Crippen molar-refractivity contribution in [1.82, 2.24) is 10.2 Å². The second-order valence-electron chi connectivity index (χ2n) is 8.85. The summed E-state index contributed by atoms with van der Waals surface area (Å²) in [6, 6.07) is 18.0. The van der Waals surface area contributed by atoms with Gasteiger partial charge in [-0.15, -0.1) is 0 Å². The number of benzene rings is 3. The van der Waals surface area contributed by atoms with Gasteiger partial charge < -0.3 is 15.0 Å². The third kappa shape index (κ3) is 7.25. The zero-order chi connectivity index (χ0) is 26.2. The van der Waals surface area contributed by atoms with Gasteiger partial charge in [0, 0.05) is 29.6 Å². The number of carbonyl (C=O) groups is 2. The van der Waals surface area contributed by atoms with Crippen LogP contribution in [-0.2, 0) is 22.6 Å². The van der Waals surface area contributed by atoms with Gasteiger partial charge in [0.15, 0.2) is 6.61 Å². The molecule has 3 rings (SSSR count). The number of aryl methyl sites for hydroxylation is 2. The van der Waals surface area contributed by atoms with E-state index in [1.54, 1.807) is 23.1 Å². The van der Waals surface area contributed by atoms with Crippen LogP contribution in [0.3, 0.4) is 0 Å². The molecular weight excluding hydrogens is 495 g/mol. The van der Waals surface area contributed by atoms with Gasteiger partial charge in [-0.05, 0) is 73.7 Å². The highest BCUT2D eigenvalue weighted by Crippen LogP contribution is 2.26. The molecule has 190 valence electrons. The molecule has 0 aliphatic rings. The molecule has 0 saturated heterocycles. The quantitative estimate of drug-likeness (QED) is 0.348. The number of nitrogens with zero attached hydrogens (tertiary/aromatic N) is 1. The first-order chi connectivity index (χ1) is 17.2. The minimum absolute atomic E-state index is 0.138. The molecule has 7 heteroatoms. The Balaban J connectivity index is 1.95. The second-order valence-corrected chi connectivity index (χ2v) is 9.69. The fraction of sp³-hybridized carbons (Fsp3) is 0.310. The van der Waals surface area contributed by atoms with Crippen molar-refractivity contribution in [3.05, 3.63) is 98.5 Å². The second kappa shape index (κ2) is 12.8. The molecule has 0 fully saturated rings. The summed E-state index contributed by atoms with van der Waals surface area (Å²) in [6.45, 7) is 8.20. The molecule has 0 heterocycles. The summed E-state index contributed by atoms with van der Waals surface area (Å²) in [7, 11) is 0. The monoisotopic (exact) mass is 526 g/mol. The van der Waals surface area contributed by atoms with Gasteiger partial charge in [0.05, 0.1) is 0 Å². The Kier molecular flexibility index (Phi) is 9.80. The zero-order valence-corrected chi connectivity index (χ0v) is 22.6. The first kappa shape index (κ1) is 27.6. The molecule has 5 nitrogen and oxygen atoms in total. The molecule has 3 aromatic rings. The molecule has 36 heavy (non-hydrogen) atoms. The number of rotatable bonds is 10. The van der Waals surface area contributed by atoms with E-state index in [1.165, 1.54) is 0 Å². The van der Waals surface area contributed by atoms with Crippen molar-refractivity contribution < 1.29 is 14.3 Å². The largest absolute Gasteiger partial charge is 0.483 e. The predicted octanol–water partition coefficient (Wildman–Crippen LogP) is 6.07. The van der Waals surface area contributed by atoms with Crippen molar-refractivity contribution in [3.63, 3.8) is 0 Å². The van der Waals surface area contributed by atoms with E-state index in [0.29, 0.717) is 34.3 Å². The fourth-order valence-electron chi connectivity index (χ4n) is 4.05. The Hall–Kier alpha value is -3.02. The number of nitrogens with one attached hydrogen (secondary N) is 1. The van der Waals surface area contributed by atoms with E-state index >= 15 is 0 Å². The predicted molar refractivity (Wildman–Crippen MR) is 146 cm³/mol. The van der Waals surface area contributed by atoms with Crippen LogP contribution < -0.4 is 10.1 Å². The molecule has 1 atom stereocenters. The third-order valence-corrected chi connectivity index (χ3v) is 6.68. The number of likely N-dealkylation sites (N-methyl/N-ethyl adjacent to an activating group) is 1. The standard InChI is InChI=1S/C29H32Cl2N2O3/c1-5-32-29(35)26(15-22-9-7-6-8-10-22)33(17-23-11-12-24(30)16-25(23)31)28(34)18-36-27-14-19(2)13-20(3)21(27)4/h6-14,16,26H,5,15,17-18H2,1-4H3,(H,32,35)/t26-/m1/s1. The van der Waals surface area contributed by atoms with E-state index in [0.717, 1.165) is 22.3 Å². The van der Waals surface area contributed by atoms with Gasteiger partial charge in [0.2, 0.25) is 5.91 Å². The summed E-state index contributed by atoms with van der Waals surface area (Å²) in [5.41, 5.74) is 4.76. The number of hydrogen-bond acceptors (Lipinski definition) is 3. The van der Waals surface area contributed by atoms with Gasteiger partial charge in [0.25, 0.3) is 5.91 Å². The summed E-state index contributed by atoms with van der Waals surface area (Å²) in [5, 5.41) is 3.81. The fourth-order valence-corrected chi connectivity index (χ4v) is 4.52. The van der Waals surface area contributed by atoms with E-state index in [1.807, 2.05) is 64.1 Å². The van der Waals surface area contributed by atoms with Gasteiger partial charge >= 0.3 is 0 Å². The Bertz CT molecular complexity index is 1210. The first-order valence-electron chi connectivity index (χ1n) is 11.9. The van der Waals surface area contributed by atoms with Crippen LogP contribution in [0, 0.1) is 20.8 Å². The van der Waals surface area contributed by atoms with Gasteiger partial charge in [-0.2, -0.15) is 0 Å². The smallest absolute Gasteiger partial charge is 0.261 e. The Morgan fingerprint density at radius 2 is 1.72 bits per heavy atom. The maximum absolute atomic E-state index is 13.7. The van der Waals surface area contributed by atoms with Crippen LogP contribution in [-0.4, -0.2) is 35.9 Å². The Morgan fingerprint density at radius 1 is 1.00 bits per heavy atom. The lowest BCUT2D eigenvalue weighted by Crippen LogP contribution is -2.51. The minimum atomic E-state index is -0.754. The Morgan fingerprint density at radius 3 is 2.39 bits per heavy atom. The number of carbonyl (C=O) groups excluding carboxylic acids is 2. The lowest BCUT2D eigenvalue weighted by Gasteiger charge is -2.31. The van der Waals surface area contributed by atoms with Crippen LogP contribution in [0.5, 0.6) is 5.75 Å². The first-order valence-corrected chi connectivity index (χ1v) is 12.7. The van der Waals surface area contributed by atoms with Gasteiger partial charge in [-0.25, -0.2) is 0 Å². The molecule has 1 N–H and O–H groups in total. The van der Waals surface area contributed by atoms with Gasteiger partial charge in [-0.1, -0.05) is 65.7 Å². The number of amides is 2. The molecule has 3 aromatic carbocycles. The van der Waals surface area contributed by atoms with Crippen molar-refractivity contribution in [2.24, 2.45) is 0 Å². The zero-order valence-electron chi connectivity index (χ0n) is 21.1. The average Bonchev–Trinajstić information content (AvgIpc) is 2.84. The molecular formula is C29H32Cl2N2O3. The minimum Gasteiger partial charge on any atom is -0.483 e. The molecule has 0 aliphatic heterocycles. The highest BCUT2D eigenvalue weighted by atomic mass is 35.5. The number of hydrogen-bond donors (Lipinski definition) is 1. The lowest BCUT2D eigenvalue weighted by molar-refractivity contribution is -0.142. The normalized spacial score (nSPS) is 11.6. The summed E-state index contributed by atoms with van der Waals surface area (Å²) in [4.78, 5) is 28.5. The summed E-state index contributed by atoms with van der Waals surface area (Å²) < 4.78 is 5.99. The van der Waals surface area contributed by atoms with Crippen molar-refractivity contribution in [1.29, 1.82) is 0 Å². The van der Waals surface area contributed by atoms with Gasteiger partial charge in [-0.3, -0.25) is 9.59 Å². The van der Waals surface area contributed by atoms with E-state index < -0.39 is 6.04 Å². The van der Waals surface area contributed by atoms with E-state index in [2.05, 4.69) is 11.4 Å². The van der Waals surface area contributed by atoms with Crippen molar-refractivity contribution in [3.8, 4) is 5.75 Å². The molecule has 2 amide bonds. The molecule has 0 spiro atoms. The molecule has 0 unspecified atom stereocenters. The van der Waals surface area contributed by atoms with E-state index in [9.17, 15) is 9.59 Å². The van der Waals surface area contributed by atoms with Gasteiger partial charge in [0.1, 0.15) is 11.8 Å². The highest BCUT2D eigenvalue weighted by Gasteiger charge is 2.31. The summed E-state index contributed by atoms with van der Waals surface area (Å²) in [5.74, 6) is 0.108. The molecule has 0 aliphatic carbocycles. The average molecular weight is 527 g/mol. The molecule has 0 saturated carbocycles.